The number of hydrogen-bond acceptors (Lipinski definition) is 5. The predicted octanol–water partition coefficient (Wildman–Crippen LogP) is 1.39. The van der Waals surface area contributed by atoms with E-state index in [1.807, 2.05) is 0 Å². The summed E-state index contributed by atoms with van der Waals surface area (Å²) in [6.45, 7) is -0.397. The first-order valence-corrected chi connectivity index (χ1v) is 11.3. The van der Waals surface area contributed by atoms with Crippen LogP contribution in [-0.2, 0) is 31.4 Å². The fraction of sp³-hybridized carbons (Fsp3) is 0.188. The topological polar surface area (TPSA) is 127 Å². The highest BCUT2D eigenvalue weighted by Gasteiger charge is 2.20. The van der Waals surface area contributed by atoms with Crippen molar-refractivity contribution in [1.82, 2.24) is 4.31 Å². The van der Waals surface area contributed by atoms with E-state index in [1.54, 1.807) is 24.3 Å². The number of sulfonamides is 2. The predicted molar refractivity (Wildman–Crippen MR) is 103 cm³/mol. The quantitative estimate of drug-likeness (QED) is 0.684. The number of amides is 1. The second-order valence-corrected chi connectivity index (χ2v) is 9.76. The summed E-state index contributed by atoms with van der Waals surface area (Å²) in [5, 5.41) is 8.04. The summed E-state index contributed by atoms with van der Waals surface area (Å²) in [6.07, 6.45) is 1.01. The van der Waals surface area contributed by atoms with Gasteiger partial charge in [-0.2, -0.15) is 4.31 Å². The van der Waals surface area contributed by atoms with Crippen LogP contribution in [-0.4, -0.2) is 39.8 Å². The Morgan fingerprint density at radius 3 is 2.07 bits per heavy atom. The molecule has 1 amide bonds. The summed E-state index contributed by atoms with van der Waals surface area (Å²) >= 11 is 5.81. The monoisotopic (exact) mass is 431 g/mol. The fourth-order valence-electron chi connectivity index (χ4n) is 2.17. The van der Waals surface area contributed by atoms with Gasteiger partial charge in [0.05, 0.1) is 17.7 Å². The van der Waals surface area contributed by atoms with E-state index in [0.717, 1.165) is 10.6 Å². The molecule has 2 aromatic rings. The molecule has 0 aliphatic heterocycles. The lowest BCUT2D eigenvalue weighted by Crippen LogP contribution is -2.36. The third kappa shape index (κ3) is 6.60. The van der Waals surface area contributed by atoms with Gasteiger partial charge in [0, 0.05) is 17.3 Å². The molecule has 0 aliphatic rings. The molecule has 0 radical (unpaired) electrons. The van der Waals surface area contributed by atoms with Gasteiger partial charge in [-0.1, -0.05) is 23.7 Å². The Hall–Kier alpha value is -1.98. The second kappa shape index (κ2) is 8.36. The molecule has 27 heavy (non-hydrogen) atoms. The van der Waals surface area contributed by atoms with Crippen LogP contribution in [0.5, 0.6) is 0 Å². The molecule has 0 saturated carbocycles. The summed E-state index contributed by atoms with van der Waals surface area (Å²) < 4.78 is 47.4. The number of nitrogens with zero attached hydrogens (tertiary/aromatic N) is 1. The lowest BCUT2D eigenvalue weighted by molar-refractivity contribution is -0.116. The summed E-state index contributed by atoms with van der Waals surface area (Å²) in [5.74, 6) is -0.572. The standard InChI is InChI=1S/C16H18ClN3O5S2/c1-26(22,23)20(10-12-2-4-13(17)5-3-12)11-16(21)19-14-6-8-15(9-7-14)27(18,24)25/h2-9H,10-11H2,1H3,(H,19,21)(H2,18,24,25). The minimum Gasteiger partial charge on any atom is -0.325 e. The van der Waals surface area contributed by atoms with E-state index in [2.05, 4.69) is 5.32 Å². The van der Waals surface area contributed by atoms with Crippen molar-refractivity contribution in [3.63, 3.8) is 0 Å². The van der Waals surface area contributed by atoms with E-state index >= 15 is 0 Å². The van der Waals surface area contributed by atoms with Crippen molar-refractivity contribution < 1.29 is 21.6 Å². The third-order valence-electron chi connectivity index (χ3n) is 3.53. The van der Waals surface area contributed by atoms with Gasteiger partial charge in [-0.05, 0) is 42.0 Å². The minimum atomic E-state index is -3.83. The van der Waals surface area contributed by atoms with Gasteiger partial charge in [0.15, 0.2) is 0 Å². The minimum absolute atomic E-state index is 0.00772. The van der Waals surface area contributed by atoms with Crippen LogP contribution >= 0.6 is 11.6 Å². The van der Waals surface area contributed by atoms with E-state index in [-0.39, 0.29) is 11.4 Å². The van der Waals surface area contributed by atoms with Crippen LogP contribution in [0.4, 0.5) is 5.69 Å². The highest BCUT2D eigenvalue weighted by molar-refractivity contribution is 7.89. The second-order valence-electron chi connectivity index (χ2n) is 5.78. The zero-order chi connectivity index (χ0) is 20.2. The number of nitrogens with one attached hydrogen (secondary N) is 1. The van der Waals surface area contributed by atoms with Crippen LogP contribution in [0, 0.1) is 0 Å². The SMILES string of the molecule is CS(=O)(=O)N(CC(=O)Nc1ccc(S(N)(=O)=O)cc1)Cc1ccc(Cl)cc1. The number of nitrogens with two attached hydrogens (primary N) is 1. The Bertz CT molecular complexity index is 1020. The van der Waals surface area contributed by atoms with Gasteiger partial charge in [0.1, 0.15) is 0 Å². The number of carbonyl (C=O) groups is 1. The van der Waals surface area contributed by atoms with Gasteiger partial charge in [0.2, 0.25) is 26.0 Å². The zero-order valence-electron chi connectivity index (χ0n) is 14.3. The van der Waals surface area contributed by atoms with Crippen molar-refractivity contribution in [2.75, 3.05) is 18.1 Å². The van der Waals surface area contributed by atoms with Gasteiger partial charge in [-0.15, -0.1) is 0 Å². The van der Waals surface area contributed by atoms with E-state index in [1.165, 1.54) is 24.3 Å². The zero-order valence-corrected chi connectivity index (χ0v) is 16.7. The molecule has 0 spiro atoms. The van der Waals surface area contributed by atoms with E-state index < -0.39 is 32.5 Å². The van der Waals surface area contributed by atoms with Gasteiger partial charge in [-0.25, -0.2) is 22.0 Å². The van der Waals surface area contributed by atoms with Crippen LogP contribution in [0.25, 0.3) is 0 Å². The number of halogens is 1. The van der Waals surface area contributed by atoms with Crippen LogP contribution in [0.2, 0.25) is 5.02 Å². The molecule has 0 atom stereocenters. The number of rotatable bonds is 7. The van der Waals surface area contributed by atoms with E-state index in [0.29, 0.717) is 16.3 Å². The first-order chi connectivity index (χ1) is 12.4. The van der Waals surface area contributed by atoms with Crippen LogP contribution in [0.15, 0.2) is 53.4 Å². The van der Waals surface area contributed by atoms with E-state index in [4.69, 9.17) is 16.7 Å². The Morgan fingerprint density at radius 1 is 1.04 bits per heavy atom. The van der Waals surface area contributed by atoms with Gasteiger partial charge in [0.25, 0.3) is 0 Å². The molecule has 0 saturated heterocycles. The summed E-state index contributed by atoms with van der Waals surface area (Å²) in [5.41, 5.74) is 0.988. The maximum absolute atomic E-state index is 12.2. The molecule has 0 bridgehead atoms. The molecule has 11 heteroatoms. The fourth-order valence-corrected chi connectivity index (χ4v) is 3.55. The average Bonchev–Trinajstić information content (AvgIpc) is 2.55. The highest BCUT2D eigenvalue weighted by Crippen LogP contribution is 2.15. The molecule has 0 aromatic heterocycles. The third-order valence-corrected chi connectivity index (χ3v) is 5.91. The smallest absolute Gasteiger partial charge is 0.239 e. The van der Waals surface area contributed by atoms with Gasteiger partial charge in [-0.3, -0.25) is 4.79 Å². The molecule has 2 rings (SSSR count). The normalized spacial score (nSPS) is 12.1. The summed E-state index contributed by atoms with van der Waals surface area (Å²) in [7, 11) is -7.48. The van der Waals surface area contributed by atoms with Gasteiger partial charge >= 0.3 is 0 Å². The van der Waals surface area contributed by atoms with Crippen molar-refractivity contribution >= 4 is 43.2 Å². The molecule has 146 valence electrons. The lowest BCUT2D eigenvalue weighted by Gasteiger charge is -2.19. The maximum atomic E-state index is 12.2. The molecule has 3 N–H and O–H groups in total. The van der Waals surface area contributed by atoms with Crippen molar-refractivity contribution in [3.05, 3.63) is 59.1 Å². The number of benzene rings is 2. The Kier molecular flexibility index (Phi) is 6.60. The van der Waals surface area contributed by atoms with Crippen LogP contribution in [0.3, 0.4) is 0 Å². The van der Waals surface area contributed by atoms with Crippen molar-refractivity contribution in [2.24, 2.45) is 5.14 Å². The average molecular weight is 432 g/mol. The molecule has 0 fully saturated rings. The van der Waals surface area contributed by atoms with Crippen molar-refractivity contribution in [1.29, 1.82) is 0 Å². The highest BCUT2D eigenvalue weighted by atomic mass is 35.5. The summed E-state index contributed by atoms with van der Waals surface area (Å²) in [6, 6.07) is 11.8. The summed E-state index contributed by atoms with van der Waals surface area (Å²) in [4.78, 5) is 12.1. The Morgan fingerprint density at radius 2 is 1.59 bits per heavy atom. The largest absolute Gasteiger partial charge is 0.325 e. The molecule has 2 aromatic carbocycles. The van der Waals surface area contributed by atoms with Gasteiger partial charge < -0.3 is 5.32 Å². The van der Waals surface area contributed by atoms with Crippen LogP contribution in [0.1, 0.15) is 5.56 Å². The molecule has 0 unspecified atom stereocenters. The number of primary sulfonamides is 1. The molecular formula is C16H18ClN3O5S2. The maximum Gasteiger partial charge on any atom is 0.239 e. The molecule has 8 nitrogen and oxygen atoms in total. The lowest BCUT2D eigenvalue weighted by atomic mass is 10.2. The van der Waals surface area contributed by atoms with Crippen molar-refractivity contribution in [2.45, 2.75) is 11.4 Å². The number of hydrogen-bond donors (Lipinski definition) is 2. The molecule has 0 heterocycles. The number of anilines is 1. The first-order valence-electron chi connectivity index (χ1n) is 7.57. The number of carbonyl (C=O) groups excluding carboxylic acids is 1. The Labute approximate surface area is 163 Å². The van der Waals surface area contributed by atoms with Crippen LogP contribution < -0.4 is 10.5 Å². The first kappa shape index (κ1) is 21.3. The van der Waals surface area contributed by atoms with E-state index in [9.17, 15) is 21.6 Å². The Balaban J connectivity index is 2.08. The molecule has 0 aliphatic carbocycles. The van der Waals surface area contributed by atoms with Crippen molar-refractivity contribution in [3.8, 4) is 0 Å². The molecular weight excluding hydrogens is 414 g/mol.